The fourth-order valence-electron chi connectivity index (χ4n) is 1.97. The van der Waals surface area contributed by atoms with Crippen LogP contribution in [-0.4, -0.2) is 20.9 Å². The number of pyridine rings is 3. The van der Waals surface area contributed by atoms with Gasteiger partial charge in [-0.15, -0.1) is 0 Å². The summed E-state index contributed by atoms with van der Waals surface area (Å²) in [5.41, 5.74) is 1.95. The molecule has 1 amide bonds. The second-order valence-corrected chi connectivity index (χ2v) is 5.34. The SMILES string of the molecule is Cc1cc(Br)ncc1C(=O)Nc1ccc2cccnc2n1. The van der Waals surface area contributed by atoms with Gasteiger partial charge < -0.3 is 5.32 Å². The molecule has 3 rings (SSSR count). The van der Waals surface area contributed by atoms with Crippen molar-refractivity contribution < 1.29 is 4.79 Å². The van der Waals surface area contributed by atoms with Gasteiger partial charge in [0.2, 0.25) is 0 Å². The molecule has 3 heterocycles. The molecule has 0 radical (unpaired) electrons. The molecule has 0 unspecified atom stereocenters. The zero-order valence-electron chi connectivity index (χ0n) is 11.2. The number of nitrogens with one attached hydrogen (secondary N) is 1. The molecule has 0 saturated heterocycles. The van der Waals surface area contributed by atoms with Crippen LogP contribution in [0.25, 0.3) is 11.0 Å². The number of aromatic nitrogens is 3. The van der Waals surface area contributed by atoms with Gasteiger partial charge in [0.1, 0.15) is 10.4 Å². The molecule has 21 heavy (non-hydrogen) atoms. The minimum absolute atomic E-state index is 0.240. The van der Waals surface area contributed by atoms with Gasteiger partial charge in [-0.05, 0) is 58.7 Å². The van der Waals surface area contributed by atoms with Crippen molar-refractivity contribution in [2.75, 3.05) is 5.32 Å². The summed E-state index contributed by atoms with van der Waals surface area (Å²) in [5, 5.41) is 3.69. The van der Waals surface area contributed by atoms with Crippen LogP contribution in [0.4, 0.5) is 5.82 Å². The lowest BCUT2D eigenvalue weighted by molar-refractivity contribution is 0.102. The minimum atomic E-state index is -0.240. The Hall–Kier alpha value is -2.34. The van der Waals surface area contributed by atoms with Crippen LogP contribution < -0.4 is 5.32 Å². The number of halogens is 1. The van der Waals surface area contributed by atoms with Crippen molar-refractivity contribution >= 4 is 38.7 Å². The molecule has 0 aliphatic rings. The van der Waals surface area contributed by atoms with Crippen LogP contribution in [0.2, 0.25) is 0 Å². The fraction of sp³-hybridized carbons (Fsp3) is 0.0667. The average molecular weight is 343 g/mol. The van der Waals surface area contributed by atoms with E-state index < -0.39 is 0 Å². The maximum absolute atomic E-state index is 12.3. The third-order valence-electron chi connectivity index (χ3n) is 3.03. The Morgan fingerprint density at radius 3 is 2.90 bits per heavy atom. The molecule has 0 bridgehead atoms. The standard InChI is InChI=1S/C15H11BrN4O/c1-9-7-12(16)18-8-11(9)15(21)20-13-5-4-10-3-2-6-17-14(10)19-13/h2-8H,1H3,(H,17,19,20,21). The summed E-state index contributed by atoms with van der Waals surface area (Å²) in [6, 6.07) is 9.19. The van der Waals surface area contributed by atoms with Crippen LogP contribution in [0.5, 0.6) is 0 Å². The van der Waals surface area contributed by atoms with Gasteiger partial charge in [-0.1, -0.05) is 0 Å². The molecule has 3 aromatic heterocycles. The molecule has 0 spiro atoms. The van der Waals surface area contributed by atoms with Gasteiger partial charge >= 0.3 is 0 Å². The number of fused-ring (bicyclic) bond motifs is 1. The highest BCUT2D eigenvalue weighted by atomic mass is 79.9. The van der Waals surface area contributed by atoms with Gasteiger partial charge in [0, 0.05) is 17.8 Å². The Bertz CT molecular complexity index is 835. The van der Waals surface area contributed by atoms with Crippen molar-refractivity contribution in [1.29, 1.82) is 0 Å². The highest BCUT2D eigenvalue weighted by Crippen LogP contribution is 2.16. The molecule has 104 valence electrons. The van der Waals surface area contributed by atoms with E-state index in [-0.39, 0.29) is 5.91 Å². The van der Waals surface area contributed by atoms with Crippen molar-refractivity contribution in [1.82, 2.24) is 15.0 Å². The Labute approximate surface area is 129 Å². The summed E-state index contributed by atoms with van der Waals surface area (Å²) >= 11 is 3.28. The van der Waals surface area contributed by atoms with Crippen LogP contribution in [0.1, 0.15) is 15.9 Å². The van der Waals surface area contributed by atoms with Crippen molar-refractivity contribution in [2.45, 2.75) is 6.92 Å². The van der Waals surface area contributed by atoms with Crippen LogP contribution in [0.15, 0.2) is 47.3 Å². The molecular formula is C15H11BrN4O. The highest BCUT2D eigenvalue weighted by Gasteiger charge is 2.11. The molecule has 1 N–H and O–H groups in total. The Balaban J connectivity index is 1.89. The largest absolute Gasteiger partial charge is 0.306 e. The topological polar surface area (TPSA) is 67.8 Å². The van der Waals surface area contributed by atoms with Crippen LogP contribution in [-0.2, 0) is 0 Å². The zero-order valence-corrected chi connectivity index (χ0v) is 12.8. The van der Waals surface area contributed by atoms with Gasteiger partial charge in [-0.3, -0.25) is 4.79 Å². The first-order valence-electron chi connectivity index (χ1n) is 6.29. The summed E-state index contributed by atoms with van der Waals surface area (Å²) in [6.07, 6.45) is 3.21. The van der Waals surface area contributed by atoms with Crippen LogP contribution >= 0.6 is 15.9 Å². The molecule has 6 heteroatoms. The predicted molar refractivity (Wildman–Crippen MR) is 84.2 cm³/mol. The normalized spacial score (nSPS) is 10.6. The average Bonchev–Trinajstić information content (AvgIpc) is 2.47. The summed E-state index contributed by atoms with van der Waals surface area (Å²) in [5.74, 6) is 0.226. The Kier molecular flexibility index (Phi) is 3.62. The monoisotopic (exact) mass is 342 g/mol. The summed E-state index contributed by atoms with van der Waals surface area (Å²) in [4.78, 5) is 24.8. The maximum Gasteiger partial charge on any atom is 0.258 e. The van der Waals surface area contributed by atoms with E-state index in [4.69, 9.17) is 0 Å². The number of hydrogen-bond acceptors (Lipinski definition) is 4. The quantitative estimate of drug-likeness (QED) is 0.725. The van der Waals surface area contributed by atoms with Gasteiger partial charge in [0.25, 0.3) is 5.91 Å². The lowest BCUT2D eigenvalue weighted by atomic mass is 10.1. The van der Waals surface area contributed by atoms with Gasteiger partial charge in [0.15, 0.2) is 5.65 Å². The lowest BCUT2D eigenvalue weighted by Crippen LogP contribution is -2.14. The number of carbonyl (C=O) groups is 1. The van der Waals surface area contributed by atoms with E-state index in [0.717, 1.165) is 10.9 Å². The van der Waals surface area contributed by atoms with Crippen molar-refractivity contribution in [3.05, 3.63) is 58.5 Å². The highest BCUT2D eigenvalue weighted by molar-refractivity contribution is 9.10. The van der Waals surface area contributed by atoms with E-state index in [0.29, 0.717) is 21.6 Å². The third-order valence-corrected chi connectivity index (χ3v) is 3.46. The molecule has 0 atom stereocenters. The molecule has 0 fully saturated rings. The van der Waals surface area contributed by atoms with E-state index in [1.165, 1.54) is 6.20 Å². The van der Waals surface area contributed by atoms with Crippen molar-refractivity contribution in [3.8, 4) is 0 Å². The van der Waals surface area contributed by atoms with Gasteiger partial charge in [-0.25, -0.2) is 15.0 Å². The second-order valence-electron chi connectivity index (χ2n) is 4.52. The zero-order chi connectivity index (χ0) is 14.8. The number of anilines is 1. The van der Waals surface area contributed by atoms with Crippen LogP contribution in [0.3, 0.4) is 0 Å². The third kappa shape index (κ3) is 2.90. The fourth-order valence-corrected chi connectivity index (χ4v) is 2.41. The van der Waals surface area contributed by atoms with Gasteiger partial charge in [-0.2, -0.15) is 0 Å². The summed E-state index contributed by atoms with van der Waals surface area (Å²) < 4.78 is 0.699. The first-order chi connectivity index (χ1) is 10.1. The molecule has 0 saturated carbocycles. The molecule has 0 aliphatic heterocycles. The lowest BCUT2D eigenvalue weighted by Gasteiger charge is -2.07. The van der Waals surface area contributed by atoms with E-state index in [9.17, 15) is 4.79 Å². The molecular weight excluding hydrogens is 332 g/mol. The minimum Gasteiger partial charge on any atom is -0.306 e. The maximum atomic E-state index is 12.3. The Morgan fingerprint density at radius 1 is 1.24 bits per heavy atom. The number of hydrogen-bond donors (Lipinski definition) is 1. The summed E-state index contributed by atoms with van der Waals surface area (Å²) in [6.45, 7) is 1.86. The Morgan fingerprint density at radius 2 is 2.10 bits per heavy atom. The number of rotatable bonds is 2. The molecule has 5 nitrogen and oxygen atoms in total. The first-order valence-corrected chi connectivity index (χ1v) is 7.08. The number of aryl methyl sites for hydroxylation is 1. The number of carbonyl (C=O) groups excluding carboxylic acids is 1. The second kappa shape index (κ2) is 5.57. The van der Waals surface area contributed by atoms with E-state index in [1.807, 2.05) is 25.1 Å². The molecule has 3 aromatic rings. The van der Waals surface area contributed by atoms with E-state index in [1.54, 1.807) is 18.3 Å². The molecule has 0 aliphatic carbocycles. The van der Waals surface area contributed by atoms with Crippen molar-refractivity contribution in [2.24, 2.45) is 0 Å². The molecule has 0 aromatic carbocycles. The van der Waals surface area contributed by atoms with Crippen molar-refractivity contribution in [3.63, 3.8) is 0 Å². The number of nitrogens with zero attached hydrogens (tertiary/aromatic N) is 3. The van der Waals surface area contributed by atoms with E-state index in [2.05, 4.69) is 36.2 Å². The smallest absolute Gasteiger partial charge is 0.258 e. The first kappa shape index (κ1) is 13.6. The summed E-state index contributed by atoms with van der Waals surface area (Å²) in [7, 11) is 0. The van der Waals surface area contributed by atoms with E-state index >= 15 is 0 Å². The van der Waals surface area contributed by atoms with Gasteiger partial charge in [0.05, 0.1) is 5.56 Å². The van der Waals surface area contributed by atoms with Crippen LogP contribution in [0, 0.1) is 6.92 Å². The predicted octanol–water partition coefficient (Wildman–Crippen LogP) is 3.35. The number of amides is 1.